The highest BCUT2D eigenvalue weighted by molar-refractivity contribution is 5.77. The number of amides is 1. The van der Waals surface area contributed by atoms with Crippen molar-refractivity contribution in [3.05, 3.63) is 0 Å². The van der Waals surface area contributed by atoms with Gasteiger partial charge < -0.3 is 16.0 Å². The third-order valence-electron chi connectivity index (χ3n) is 2.85. The molecule has 0 aromatic carbocycles. The van der Waals surface area contributed by atoms with E-state index in [0.717, 1.165) is 26.1 Å². The fraction of sp³-hybridized carbons (Fsp3) is 0.909. The van der Waals surface area contributed by atoms with Crippen molar-refractivity contribution in [2.45, 2.75) is 26.3 Å². The zero-order valence-electron chi connectivity index (χ0n) is 9.97. The van der Waals surface area contributed by atoms with Gasteiger partial charge in [-0.3, -0.25) is 4.79 Å². The van der Waals surface area contributed by atoms with Gasteiger partial charge in [0.1, 0.15) is 0 Å². The summed E-state index contributed by atoms with van der Waals surface area (Å²) in [6.45, 7) is 6.71. The van der Waals surface area contributed by atoms with Gasteiger partial charge in [0, 0.05) is 18.5 Å². The first-order valence-corrected chi connectivity index (χ1v) is 5.79. The Balaban J connectivity index is 2.16. The van der Waals surface area contributed by atoms with Gasteiger partial charge in [0.15, 0.2) is 0 Å². The van der Waals surface area contributed by atoms with Crippen molar-refractivity contribution in [2.75, 3.05) is 26.7 Å². The maximum Gasteiger partial charge on any atom is 0.222 e. The Bertz CT molecular complexity index is 206. The molecule has 4 nitrogen and oxygen atoms in total. The summed E-state index contributed by atoms with van der Waals surface area (Å²) in [7, 11) is 1.98. The van der Waals surface area contributed by atoms with Crippen LogP contribution in [0.2, 0.25) is 0 Å². The van der Waals surface area contributed by atoms with Crippen molar-refractivity contribution in [1.29, 1.82) is 0 Å². The van der Waals surface area contributed by atoms with Gasteiger partial charge in [-0.2, -0.15) is 0 Å². The van der Waals surface area contributed by atoms with Gasteiger partial charge in [-0.25, -0.2) is 0 Å². The number of carbonyl (C=O) groups excluding carboxylic acids is 1. The van der Waals surface area contributed by atoms with Crippen LogP contribution in [0.3, 0.4) is 0 Å². The average Bonchev–Trinajstić information content (AvgIpc) is 2.62. The second kappa shape index (κ2) is 6.08. The van der Waals surface area contributed by atoms with E-state index in [2.05, 4.69) is 16.0 Å². The van der Waals surface area contributed by atoms with Crippen LogP contribution in [0.5, 0.6) is 0 Å². The topological polar surface area (TPSA) is 53.2 Å². The number of hydrogen-bond donors (Lipinski definition) is 3. The van der Waals surface area contributed by atoms with Crippen LogP contribution in [0.4, 0.5) is 0 Å². The van der Waals surface area contributed by atoms with Gasteiger partial charge in [0.25, 0.3) is 0 Å². The first-order valence-electron chi connectivity index (χ1n) is 5.79. The summed E-state index contributed by atoms with van der Waals surface area (Å²) in [5.74, 6) is 0.935. The van der Waals surface area contributed by atoms with Gasteiger partial charge in [-0.1, -0.05) is 13.8 Å². The maximum atomic E-state index is 11.4. The number of hydrogen-bond acceptors (Lipinski definition) is 3. The summed E-state index contributed by atoms with van der Waals surface area (Å²) in [6.07, 6.45) is 1.15. The Kier molecular flexibility index (Phi) is 5.05. The zero-order chi connectivity index (χ0) is 11.3. The Labute approximate surface area is 92.2 Å². The lowest BCUT2D eigenvalue weighted by Crippen LogP contribution is -2.38. The Hall–Kier alpha value is -0.610. The zero-order valence-corrected chi connectivity index (χ0v) is 9.97. The first-order chi connectivity index (χ1) is 7.13. The van der Waals surface area contributed by atoms with E-state index in [1.165, 1.54) is 0 Å². The lowest BCUT2D eigenvalue weighted by atomic mass is 10.1. The third-order valence-corrected chi connectivity index (χ3v) is 2.85. The minimum Gasteiger partial charge on any atom is -0.354 e. The quantitative estimate of drug-likeness (QED) is 0.600. The van der Waals surface area contributed by atoms with Crippen molar-refractivity contribution in [2.24, 2.45) is 11.8 Å². The molecular formula is C11H23N3O. The maximum absolute atomic E-state index is 11.4. The highest BCUT2D eigenvalue weighted by Crippen LogP contribution is 2.12. The highest BCUT2D eigenvalue weighted by atomic mass is 16.1. The van der Waals surface area contributed by atoms with Crippen molar-refractivity contribution < 1.29 is 4.79 Å². The monoisotopic (exact) mass is 213 g/mol. The summed E-state index contributed by atoms with van der Waals surface area (Å²) in [5, 5.41) is 9.58. The Morgan fingerprint density at radius 2 is 2.20 bits per heavy atom. The predicted molar refractivity (Wildman–Crippen MR) is 61.7 cm³/mol. The van der Waals surface area contributed by atoms with Crippen molar-refractivity contribution in [3.63, 3.8) is 0 Å². The van der Waals surface area contributed by atoms with Crippen LogP contribution in [0.1, 0.15) is 20.3 Å². The average molecular weight is 213 g/mol. The van der Waals surface area contributed by atoms with E-state index in [0.29, 0.717) is 12.0 Å². The van der Waals surface area contributed by atoms with Gasteiger partial charge in [0.05, 0.1) is 0 Å². The predicted octanol–water partition coefficient (Wildman–Crippen LogP) is -0.0439. The van der Waals surface area contributed by atoms with Crippen LogP contribution in [-0.2, 0) is 4.79 Å². The van der Waals surface area contributed by atoms with Crippen molar-refractivity contribution in [3.8, 4) is 0 Å². The van der Waals surface area contributed by atoms with Crippen LogP contribution in [0.15, 0.2) is 0 Å². The van der Waals surface area contributed by atoms with Crippen LogP contribution in [-0.4, -0.2) is 38.6 Å². The van der Waals surface area contributed by atoms with Gasteiger partial charge in [-0.05, 0) is 32.5 Å². The summed E-state index contributed by atoms with van der Waals surface area (Å²) in [5.41, 5.74) is 0. The molecule has 0 unspecified atom stereocenters. The lowest BCUT2D eigenvalue weighted by Gasteiger charge is -2.13. The SMILES string of the molecule is CNC[C@@H]1CN[C@H](CNC(=O)C(C)C)C1. The first kappa shape index (κ1) is 12.5. The molecule has 15 heavy (non-hydrogen) atoms. The molecule has 0 aromatic rings. The second-order valence-electron chi connectivity index (χ2n) is 4.66. The molecule has 2 atom stereocenters. The Morgan fingerprint density at radius 1 is 1.47 bits per heavy atom. The van der Waals surface area contributed by atoms with E-state index in [1.807, 2.05) is 20.9 Å². The molecule has 1 aliphatic rings. The van der Waals surface area contributed by atoms with Crippen LogP contribution in [0.25, 0.3) is 0 Å². The smallest absolute Gasteiger partial charge is 0.222 e. The number of carbonyl (C=O) groups is 1. The summed E-state index contributed by atoms with van der Waals surface area (Å²) in [6, 6.07) is 0.450. The van der Waals surface area contributed by atoms with E-state index >= 15 is 0 Å². The minimum atomic E-state index is 0.0829. The normalized spacial score (nSPS) is 25.9. The molecule has 1 amide bonds. The molecule has 1 saturated heterocycles. The molecule has 1 rings (SSSR count). The van der Waals surface area contributed by atoms with Crippen molar-refractivity contribution >= 4 is 5.91 Å². The molecule has 0 aliphatic carbocycles. The van der Waals surface area contributed by atoms with E-state index < -0.39 is 0 Å². The number of nitrogens with one attached hydrogen (secondary N) is 3. The molecule has 0 saturated carbocycles. The Morgan fingerprint density at radius 3 is 2.80 bits per heavy atom. The highest BCUT2D eigenvalue weighted by Gasteiger charge is 2.23. The molecule has 0 aromatic heterocycles. The van der Waals surface area contributed by atoms with Crippen LogP contribution in [0, 0.1) is 11.8 Å². The summed E-state index contributed by atoms with van der Waals surface area (Å²) >= 11 is 0. The molecular weight excluding hydrogens is 190 g/mol. The van der Waals surface area contributed by atoms with Crippen LogP contribution >= 0.6 is 0 Å². The van der Waals surface area contributed by atoms with E-state index in [4.69, 9.17) is 0 Å². The molecule has 0 bridgehead atoms. The van der Waals surface area contributed by atoms with Crippen LogP contribution < -0.4 is 16.0 Å². The fourth-order valence-corrected chi connectivity index (χ4v) is 1.93. The second-order valence-corrected chi connectivity index (χ2v) is 4.66. The summed E-state index contributed by atoms with van der Waals surface area (Å²) < 4.78 is 0. The largest absolute Gasteiger partial charge is 0.354 e. The molecule has 1 fully saturated rings. The molecule has 0 radical (unpaired) electrons. The molecule has 0 spiro atoms. The standard InChI is InChI=1S/C11H23N3O/c1-8(2)11(15)14-7-10-4-9(5-12-3)6-13-10/h8-10,12-13H,4-7H2,1-3H3,(H,14,15)/t9-,10+/m1/s1. The fourth-order valence-electron chi connectivity index (χ4n) is 1.93. The van der Waals surface area contributed by atoms with E-state index in [1.54, 1.807) is 0 Å². The van der Waals surface area contributed by atoms with Gasteiger partial charge >= 0.3 is 0 Å². The summed E-state index contributed by atoms with van der Waals surface area (Å²) in [4.78, 5) is 11.4. The van der Waals surface area contributed by atoms with E-state index in [-0.39, 0.29) is 11.8 Å². The third kappa shape index (κ3) is 4.18. The van der Waals surface area contributed by atoms with Gasteiger partial charge in [0.2, 0.25) is 5.91 Å². The molecule has 1 heterocycles. The van der Waals surface area contributed by atoms with E-state index in [9.17, 15) is 4.79 Å². The molecule has 4 heteroatoms. The molecule has 3 N–H and O–H groups in total. The minimum absolute atomic E-state index is 0.0829. The number of rotatable bonds is 5. The molecule has 88 valence electrons. The molecule has 1 aliphatic heterocycles. The van der Waals surface area contributed by atoms with Gasteiger partial charge in [-0.15, -0.1) is 0 Å². The lowest BCUT2D eigenvalue weighted by molar-refractivity contribution is -0.124. The van der Waals surface area contributed by atoms with Crippen molar-refractivity contribution in [1.82, 2.24) is 16.0 Å².